The fourth-order valence-electron chi connectivity index (χ4n) is 2.45. The highest BCUT2D eigenvalue weighted by Crippen LogP contribution is 2.20. The van der Waals surface area contributed by atoms with Gasteiger partial charge >= 0.3 is 0 Å². The maximum Gasteiger partial charge on any atom is 0.236 e. The molecule has 2 aromatic rings. The Bertz CT molecular complexity index is 761. The topological polar surface area (TPSA) is 59.5 Å². The summed E-state index contributed by atoms with van der Waals surface area (Å²) in [6.07, 6.45) is 5.48. The minimum Gasteiger partial charge on any atom is -0.489 e. The van der Waals surface area contributed by atoms with Crippen molar-refractivity contribution in [1.82, 2.24) is 9.29 Å². The summed E-state index contributed by atoms with van der Waals surface area (Å²) in [5, 5.41) is 1.26. The molecule has 0 bridgehead atoms. The molecule has 0 unspecified atom stereocenters. The summed E-state index contributed by atoms with van der Waals surface area (Å²) in [7, 11) is -3.42. The van der Waals surface area contributed by atoms with Gasteiger partial charge in [0.25, 0.3) is 0 Å². The minimum atomic E-state index is -3.42. The maximum atomic E-state index is 12.4. The SMILES string of the molecule is O=S(=O)(/C=C/c1ccccc1)N1CC[C@@H](Oc2ccncc2)C1. The molecule has 6 heteroatoms. The highest BCUT2D eigenvalue weighted by atomic mass is 32.2. The van der Waals surface area contributed by atoms with E-state index < -0.39 is 10.0 Å². The van der Waals surface area contributed by atoms with Crippen LogP contribution in [-0.4, -0.2) is 36.9 Å². The number of pyridine rings is 1. The van der Waals surface area contributed by atoms with E-state index in [2.05, 4.69) is 4.98 Å². The summed E-state index contributed by atoms with van der Waals surface area (Å²) in [4.78, 5) is 3.93. The molecule has 0 radical (unpaired) electrons. The van der Waals surface area contributed by atoms with Gasteiger partial charge in [0.15, 0.2) is 0 Å². The number of sulfonamides is 1. The number of ether oxygens (including phenoxy) is 1. The summed E-state index contributed by atoms with van der Waals surface area (Å²) in [6, 6.07) is 12.9. The number of benzene rings is 1. The van der Waals surface area contributed by atoms with E-state index >= 15 is 0 Å². The lowest BCUT2D eigenvalue weighted by molar-refractivity contribution is 0.215. The zero-order chi connectivity index (χ0) is 16.1. The van der Waals surface area contributed by atoms with Crippen molar-refractivity contribution in [1.29, 1.82) is 0 Å². The number of nitrogens with zero attached hydrogens (tertiary/aromatic N) is 2. The number of hydrogen-bond acceptors (Lipinski definition) is 4. The third kappa shape index (κ3) is 4.18. The van der Waals surface area contributed by atoms with Crippen molar-refractivity contribution < 1.29 is 13.2 Å². The summed E-state index contributed by atoms with van der Waals surface area (Å²) in [5.74, 6) is 0.712. The lowest BCUT2D eigenvalue weighted by Gasteiger charge is -2.15. The Balaban J connectivity index is 1.62. The third-order valence-electron chi connectivity index (χ3n) is 3.65. The molecular weight excluding hydrogens is 312 g/mol. The van der Waals surface area contributed by atoms with Crippen LogP contribution in [0.25, 0.3) is 6.08 Å². The first-order valence-corrected chi connectivity index (χ1v) is 8.94. The van der Waals surface area contributed by atoms with Crippen LogP contribution >= 0.6 is 0 Å². The molecule has 0 spiro atoms. The molecule has 1 aromatic carbocycles. The Labute approximate surface area is 136 Å². The fraction of sp³-hybridized carbons (Fsp3) is 0.235. The van der Waals surface area contributed by atoms with Crippen LogP contribution in [-0.2, 0) is 10.0 Å². The van der Waals surface area contributed by atoms with E-state index in [0.717, 1.165) is 5.56 Å². The standard InChI is InChI=1S/C17H18N2O3S/c20-23(21,13-9-15-4-2-1-3-5-15)19-12-8-17(14-19)22-16-6-10-18-11-7-16/h1-7,9-11,13,17H,8,12,14H2/b13-9+/t17-/m1/s1. The monoisotopic (exact) mass is 330 g/mol. The second-order valence-corrected chi connectivity index (χ2v) is 7.15. The highest BCUT2D eigenvalue weighted by molar-refractivity contribution is 7.92. The van der Waals surface area contributed by atoms with E-state index in [1.165, 1.54) is 9.71 Å². The first-order valence-electron chi connectivity index (χ1n) is 7.43. The Morgan fingerprint density at radius 1 is 1.13 bits per heavy atom. The van der Waals surface area contributed by atoms with E-state index in [1.54, 1.807) is 30.6 Å². The van der Waals surface area contributed by atoms with Gasteiger partial charge in [0, 0.05) is 24.3 Å². The molecule has 1 fully saturated rings. The first-order chi connectivity index (χ1) is 11.1. The van der Waals surface area contributed by atoms with Crippen molar-refractivity contribution in [2.24, 2.45) is 0 Å². The van der Waals surface area contributed by atoms with Gasteiger partial charge in [-0.1, -0.05) is 30.3 Å². The maximum absolute atomic E-state index is 12.4. The van der Waals surface area contributed by atoms with Gasteiger partial charge in [-0.2, -0.15) is 4.31 Å². The predicted octanol–water partition coefficient (Wildman–Crippen LogP) is 2.54. The molecule has 0 N–H and O–H groups in total. The molecule has 3 rings (SSSR count). The molecule has 120 valence electrons. The third-order valence-corrected chi connectivity index (χ3v) is 5.18. The quantitative estimate of drug-likeness (QED) is 0.845. The molecule has 5 nitrogen and oxygen atoms in total. The predicted molar refractivity (Wildman–Crippen MR) is 89.2 cm³/mol. The smallest absolute Gasteiger partial charge is 0.236 e. The first kappa shape index (κ1) is 15.7. The normalized spacial score (nSPS) is 19.2. The van der Waals surface area contributed by atoms with E-state index in [0.29, 0.717) is 25.3 Å². The van der Waals surface area contributed by atoms with Gasteiger partial charge in [-0.3, -0.25) is 4.98 Å². The van der Waals surface area contributed by atoms with Crippen molar-refractivity contribution in [3.05, 3.63) is 65.8 Å². The average Bonchev–Trinajstić information content (AvgIpc) is 3.04. The Morgan fingerprint density at radius 3 is 2.61 bits per heavy atom. The molecule has 0 amide bonds. The second-order valence-electron chi connectivity index (χ2n) is 5.33. The van der Waals surface area contributed by atoms with E-state index in [4.69, 9.17) is 4.74 Å². The van der Waals surface area contributed by atoms with Crippen LogP contribution in [0.15, 0.2) is 60.3 Å². The molecule has 1 saturated heterocycles. The van der Waals surface area contributed by atoms with Crippen molar-refractivity contribution in [2.75, 3.05) is 13.1 Å². The lowest BCUT2D eigenvalue weighted by Crippen LogP contribution is -2.29. The summed E-state index contributed by atoms with van der Waals surface area (Å²) in [5.41, 5.74) is 0.861. The van der Waals surface area contributed by atoms with Crippen LogP contribution in [0, 0.1) is 0 Å². The van der Waals surface area contributed by atoms with Gasteiger partial charge in [0.1, 0.15) is 11.9 Å². The molecule has 1 aliphatic rings. The summed E-state index contributed by atoms with van der Waals surface area (Å²) in [6.45, 7) is 0.834. The summed E-state index contributed by atoms with van der Waals surface area (Å²) < 4.78 is 32.0. The van der Waals surface area contributed by atoms with Crippen LogP contribution in [0.4, 0.5) is 0 Å². The van der Waals surface area contributed by atoms with Crippen LogP contribution in [0.5, 0.6) is 5.75 Å². The van der Waals surface area contributed by atoms with Gasteiger partial charge in [-0.05, 0) is 30.2 Å². The zero-order valence-corrected chi connectivity index (χ0v) is 13.4. The van der Waals surface area contributed by atoms with Gasteiger partial charge in [0.2, 0.25) is 10.0 Å². The van der Waals surface area contributed by atoms with E-state index in [-0.39, 0.29) is 6.10 Å². The molecule has 0 saturated carbocycles. The lowest BCUT2D eigenvalue weighted by atomic mass is 10.2. The Hall–Kier alpha value is -2.18. The molecule has 1 atom stereocenters. The van der Waals surface area contributed by atoms with Crippen LogP contribution in [0.1, 0.15) is 12.0 Å². The van der Waals surface area contributed by atoms with Gasteiger partial charge in [-0.15, -0.1) is 0 Å². The fourth-order valence-corrected chi connectivity index (χ4v) is 3.68. The molecule has 1 aliphatic heterocycles. The largest absolute Gasteiger partial charge is 0.489 e. The highest BCUT2D eigenvalue weighted by Gasteiger charge is 2.31. The van der Waals surface area contributed by atoms with Crippen molar-refractivity contribution >= 4 is 16.1 Å². The van der Waals surface area contributed by atoms with Crippen LogP contribution in [0.2, 0.25) is 0 Å². The van der Waals surface area contributed by atoms with Crippen LogP contribution < -0.4 is 4.74 Å². The molecule has 0 aliphatic carbocycles. The molecular formula is C17H18N2O3S. The Kier molecular flexibility index (Phi) is 4.73. The average molecular weight is 330 g/mol. The van der Waals surface area contributed by atoms with Crippen LogP contribution in [0.3, 0.4) is 0 Å². The Morgan fingerprint density at radius 2 is 1.87 bits per heavy atom. The van der Waals surface area contributed by atoms with Crippen molar-refractivity contribution in [2.45, 2.75) is 12.5 Å². The van der Waals surface area contributed by atoms with Crippen molar-refractivity contribution in [3.63, 3.8) is 0 Å². The summed E-state index contributed by atoms with van der Waals surface area (Å²) >= 11 is 0. The minimum absolute atomic E-state index is 0.127. The zero-order valence-electron chi connectivity index (χ0n) is 12.6. The van der Waals surface area contributed by atoms with Crippen molar-refractivity contribution in [3.8, 4) is 5.75 Å². The number of aromatic nitrogens is 1. The van der Waals surface area contributed by atoms with Gasteiger partial charge in [0.05, 0.1) is 6.54 Å². The molecule has 2 heterocycles. The van der Waals surface area contributed by atoms with Gasteiger partial charge in [-0.25, -0.2) is 8.42 Å². The van der Waals surface area contributed by atoms with Gasteiger partial charge < -0.3 is 4.74 Å². The van der Waals surface area contributed by atoms with E-state index in [1.807, 2.05) is 30.3 Å². The number of hydrogen-bond donors (Lipinski definition) is 0. The number of rotatable bonds is 5. The second kappa shape index (κ2) is 6.93. The molecule has 23 heavy (non-hydrogen) atoms. The molecule has 1 aromatic heterocycles. The van der Waals surface area contributed by atoms with E-state index in [9.17, 15) is 8.42 Å².